The van der Waals surface area contributed by atoms with Gasteiger partial charge in [-0.3, -0.25) is 9.69 Å². The van der Waals surface area contributed by atoms with Crippen LogP contribution in [0.4, 0.5) is 0 Å². The van der Waals surface area contributed by atoms with Crippen LogP contribution >= 0.6 is 0 Å². The zero-order valence-electron chi connectivity index (χ0n) is 17.4. The van der Waals surface area contributed by atoms with Crippen molar-refractivity contribution in [2.45, 2.75) is 98.3 Å². The van der Waals surface area contributed by atoms with E-state index in [-0.39, 0.29) is 34.5 Å². The number of hydrogen-bond donors (Lipinski definition) is 0. The van der Waals surface area contributed by atoms with Gasteiger partial charge in [-0.2, -0.15) is 0 Å². The van der Waals surface area contributed by atoms with Gasteiger partial charge in [-0.05, 0) is 53.0 Å². The highest BCUT2D eigenvalue weighted by atomic mass is 16.5. The van der Waals surface area contributed by atoms with Crippen molar-refractivity contribution in [2.24, 2.45) is 11.3 Å². The molecule has 1 fully saturated rings. The topological polar surface area (TPSA) is 46.6 Å². The lowest BCUT2D eigenvalue weighted by Crippen LogP contribution is -2.60. The molecule has 0 aromatic heterocycles. The number of esters is 1. The number of ether oxygens (including phenoxy) is 1. The van der Waals surface area contributed by atoms with Gasteiger partial charge >= 0.3 is 5.97 Å². The lowest BCUT2D eigenvalue weighted by molar-refractivity contribution is -0.164. The quantitative estimate of drug-likeness (QED) is 0.708. The normalized spacial score (nSPS) is 22.2. The molecule has 142 valence electrons. The van der Waals surface area contributed by atoms with Gasteiger partial charge in [0.15, 0.2) is 0 Å². The number of rotatable bonds is 4. The fraction of sp³-hybridized carbons (Fsp3) is 0.900. The summed E-state index contributed by atoms with van der Waals surface area (Å²) in [6, 6.07) is 0. The second-order valence-electron chi connectivity index (χ2n) is 9.52. The summed E-state index contributed by atoms with van der Waals surface area (Å²) in [5, 5.41) is 0. The third-order valence-electron chi connectivity index (χ3n) is 5.24. The van der Waals surface area contributed by atoms with Crippen molar-refractivity contribution in [3.8, 4) is 0 Å². The number of likely N-dealkylation sites (tertiary alicyclic amines) is 1. The highest BCUT2D eigenvalue weighted by molar-refractivity contribution is 5.72. The number of carbonyl (C=O) groups excluding carboxylic acids is 2. The van der Waals surface area contributed by atoms with Crippen molar-refractivity contribution in [1.29, 1.82) is 0 Å². The van der Waals surface area contributed by atoms with Gasteiger partial charge in [0.05, 0.1) is 5.92 Å². The second kappa shape index (κ2) is 8.46. The first kappa shape index (κ1) is 23.1. The van der Waals surface area contributed by atoms with E-state index in [2.05, 4.69) is 67.3 Å². The lowest BCUT2D eigenvalue weighted by atomic mass is 9.78. The number of piperidine rings is 1. The van der Waals surface area contributed by atoms with Gasteiger partial charge in [0.25, 0.3) is 0 Å². The first-order chi connectivity index (χ1) is 10.8. The predicted molar refractivity (Wildman–Crippen MR) is 100 cm³/mol. The van der Waals surface area contributed by atoms with E-state index in [1.165, 1.54) is 0 Å². The van der Waals surface area contributed by atoms with Crippen LogP contribution in [0, 0.1) is 11.3 Å². The molecule has 0 radical (unpaired) electrons. The van der Waals surface area contributed by atoms with Crippen LogP contribution in [0.2, 0.25) is 0 Å². The molecular formula is C20H39NO3. The van der Waals surface area contributed by atoms with Crippen LogP contribution in [0.5, 0.6) is 0 Å². The zero-order chi connectivity index (χ0) is 19.3. The number of nitrogens with zero attached hydrogens (tertiary/aromatic N) is 1. The van der Waals surface area contributed by atoms with E-state index in [1.807, 2.05) is 6.79 Å². The Hall–Kier alpha value is -0.900. The van der Waals surface area contributed by atoms with Crippen LogP contribution in [-0.4, -0.2) is 41.9 Å². The molecule has 1 aliphatic rings. The summed E-state index contributed by atoms with van der Waals surface area (Å²) in [6.45, 7) is 19.6. The van der Waals surface area contributed by atoms with Gasteiger partial charge in [0.1, 0.15) is 12.9 Å². The predicted octanol–water partition coefficient (Wildman–Crippen LogP) is 4.46. The Balaban J connectivity index is 0.00000254. The van der Waals surface area contributed by atoms with E-state index in [0.29, 0.717) is 0 Å². The maximum Gasteiger partial charge on any atom is 0.309 e. The van der Waals surface area contributed by atoms with Crippen molar-refractivity contribution in [3.63, 3.8) is 0 Å². The van der Waals surface area contributed by atoms with Gasteiger partial charge in [0, 0.05) is 23.9 Å². The molecule has 0 aromatic rings. The largest absolute Gasteiger partial charge is 0.462 e. The summed E-state index contributed by atoms with van der Waals surface area (Å²) in [5.74, 6) is 0.0180. The highest BCUT2D eigenvalue weighted by Gasteiger charge is 2.44. The minimum Gasteiger partial charge on any atom is -0.462 e. The van der Waals surface area contributed by atoms with Crippen LogP contribution < -0.4 is 0 Å². The second-order valence-corrected chi connectivity index (χ2v) is 9.52. The fourth-order valence-electron chi connectivity index (χ4n) is 3.76. The zero-order valence-corrected chi connectivity index (χ0v) is 17.4. The van der Waals surface area contributed by atoms with Crippen LogP contribution in [-0.2, 0) is 14.3 Å². The van der Waals surface area contributed by atoms with Gasteiger partial charge in [-0.15, -0.1) is 0 Å². The molecule has 1 unspecified atom stereocenters. The third-order valence-corrected chi connectivity index (χ3v) is 5.24. The van der Waals surface area contributed by atoms with Crippen molar-refractivity contribution < 1.29 is 14.3 Å². The monoisotopic (exact) mass is 341 g/mol. The highest BCUT2D eigenvalue weighted by Crippen LogP contribution is 2.38. The minimum atomic E-state index is -0.00132. The Kier molecular flexibility index (Phi) is 8.14. The van der Waals surface area contributed by atoms with E-state index < -0.39 is 0 Å². The Morgan fingerprint density at radius 1 is 1.17 bits per heavy atom. The molecular weight excluding hydrogens is 302 g/mol. The molecule has 0 aromatic carbocycles. The molecule has 4 heteroatoms. The fourth-order valence-corrected chi connectivity index (χ4v) is 3.76. The van der Waals surface area contributed by atoms with Crippen LogP contribution in [0.25, 0.3) is 0 Å². The average Bonchev–Trinajstić information content (AvgIpc) is 2.42. The van der Waals surface area contributed by atoms with Crippen molar-refractivity contribution in [2.75, 3.05) is 7.05 Å². The van der Waals surface area contributed by atoms with Crippen molar-refractivity contribution >= 4 is 12.8 Å². The first-order valence-electron chi connectivity index (χ1n) is 9.02. The van der Waals surface area contributed by atoms with Gasteiger partial charge in [-0.1, -0.05) is 27.7 Å². The van der Waals surface area contributed by atoms with Gasteiger partial charge in [0.2, 0.25) is 0 Å². The summed E-state index contributed by atoms with van der Waals surface area (Å²) in [5.41, 5.74) is 0.266. The Bertz CT molecular complexity index is 392. The smallest absolute Gasteiger partial charge is 0.309 e. The molecule has 4 nitrogen and oxygen atoms in total. The molecule has 0 N–H and O–H groups in total. The summed E-state index contributed by atoms with van der Waals surface area (Å²) in [6.07, 6.45) is 3.59. The third kappa shape index (κ3) is 6.54. The van der Waals surface area contributed by atoms with E-state index in [0.717, 1.165) is 25.7 Å². The summed E-state index contributed by atoms with van der Waals surface area (Å²) >= 11 is 0. The van der Waals surface area contributed by atoms with Crippen LogP contribution in [0.15, 0.2) is 0 Å². The Morgan fingerprint density at radius 2 is 1.58 bits per heavy atom. The van der Waals surface area contributed by atoms with E-state index in [1.54, 1.807) is 0 Å². The average molecular weight is 342 g/mol. The molecule has 0 saturated carbocycles. The van der Waals surface area contributed by atoms with Gasteiger partial charge < -0.3 is 9.53 Å². The molecule has 0 spiro atoms. The molecule has 1 rings (SSSR count). The summed E-state index contributed by atoms with van der Waals surface area (Å²) in [7, 11) is 2.17. The number of hydrogen-bond acceptors (Lipinski definition) is 4. The molecule has 1 saturated heterocycles. The van der Waals surface area contributed by atoms with Crippen LogP contribution in [0.1, 0.15) is 81.1 Å². The molecule has 0 amide bonds. The lowest BCUT2D eigenvalue weighted by Gasteiger charge is -2.53. The Morgan fingerprint density at radius 3 is 1.92 bits per heavy atom. The van der Waals surface area contributed by atoms with Crippen molar-refractivity contribution in [1.82, 2.24) is 4.90 Å². The summed E-state index contributed by atoms with van der Waals surface area (Å²) in [4.78, 5) is 23.0. The maximum absolute atomic E-state index is 12.6. The minimum absolute atomic E-state index is 0.00132. The van der Waals surface area contributed by atoms with Crippen molar-refractivity contribution in [3.05, 3.63) is 0 Å². The molecule has 1 heterocycles. The van der Waals surface area contributed by atoms with E-state index >= 15 is 0 Å². The van der Waals surface area contributed by atoms with Gasteiger partial charge in [-0.25, -0.2) is 0 Å². The number of carbonyl (C=O) groups is 2. The Labute approximate surface area is 149 Å². The molecule has 1 aliphatic heterocycles. The van der Waals surface area contributed by atoms with Crippen LogP contribution in [0.3, 0.4) is 0 Å². The van der Waals surface area contributed by atoms with E-state index in [4.69, 9.17) is 9.53 Å². The van der Waals surface area contributed by atoms with E-state index in [9.17, 15) is 4.79 Å². The maximum atomic E-state index is 12.6. The SMILES string of the molecule is C=O.CCC(CC(C)(C)C)C(=O)OC1CC(C)(C)N(C)C(C)(C)C1. The molecule has 0 aliphatic carbocycles. The molecule has 0 bridgehead atoms. The molecule has 24 heavy (non-hydrogen) atoms. The summed E-state index contributed by atoms with van der Waals surface area (Å²) < 4.78 is 5.94. The first-order valence-corrected chi connectivity index (χ1v) is 9.02. The standard InChI is InChI=1S/C19H37NO2.CH2O/c1-10-14(11-17(2,3)4)16(21)22-15-12-18(5,6)20(9)19(7,8)13-15;1-2/h14-15H,10-13H2,1-9H3;1H2. The molecule has 1 atom stereocenters.